The van der Waals surface area contributed by atoms with E-state index in [9.17, 15) is 5.11 Å². The van der Waals surface area contributed by atoms with Crippen LogP contribution >= 0.6 is 11.6 Å². The van der Waals surface area contributed by atoms with Crippen molar-refractivity contribution in [2.24, 2.45) is 5.92 Å². The molecule has 0 amide bonds. The Morgan fingerprint density at radius 1 is 1.10 bits per heavy atom. The molecule has 3 atom stereocenters. The van der Waals surface area contributed by atoms with Crippen LogP contribution < -0.4 is 0 Å². The molecule has 0 radical (unpaired) electrons. The van der Waals surface area contributed by atoms with E-state index in [1.807, 2.05) is 12.1 Å². The Bertz CT molecular complexity index is 442. The highest BCUT2D eigenvalue weighted by molar-refractivity contribution is 6.20. The number of benzene rings is 1. The van der Waals surface area contributed by atoms with Crippen molar-refractivity contribution in [1.29, 1.82) is 0 Å². The van der Waals surface area contributed by atoms with Gasteiger partial charge in [0.1, 0.15) is 5.75 Å². The van der Waals surface area contributed by atoms with E-state index < -0.39 is 0 Å². The predicted molar refractivity (Wildman–Crippen MR) is 81.2 cm³/mol. The first-order chi connectivity index (χ1) is 9.72. The van der Waals surface area contributed by atoms with Crippen molar-refractivity contribution in [2.75, 3.05) is 0 Å². The van der Waals surface area contributed by atoms with Gasteiger partial charge in [0.2, 0.25) is 0 Å². The standard InChI is InChI=1S/C17H23ClO2/c18-14-10-16(12-5-2-1-3-6-12)20-17(11-14)13-7-4-8-15(19)9-13/h4,7-9,12,14,16-17,19H,1-3,5-6,10-11H2/t14-,16-,17+/m0/s1. The molecular formula is C17H23ClO2. The topological polar surface area (TPSA) is 29.5 Å². The van der Waals surface area contributed by atoms with Crippen LogP contribution in [0.25, 0.3) is 0 Å². The average Bonchev–Trinajstić information content (AvgIpc) is 2.47. The summed E-state index contributed by atoms with van der Waals surface area (Å²) in [5.74, 6) is 0.974. The fraction of sp³-hybridized carbons (Fsp3) is 0.647. The molecule has 0 spiro atoms. The van der Waals surface area contributed by atoms with Gasteiger partial charge < -0.3 is 9.84 Å². The molecule has 2 aliphatic rings. The Labute approximate surface area is 126 Å². The number of hydrogen-bond donors (Lipinski definition) is 1. The molecule has 1 saturated heterocycles. The SMILES string of the molecule is Oc1cccc([C@H]2C[C@@H](Cl)C[C@@H](C3CCCCC3)O2)c1. The highest BCUT2D eigenvalue weighted by Gasteiger charge is 2.34. The second-order valence-electron chi connectivity index (χ2n) is 6.22. The zero-order valence-electron chi connectivity index (χ0n) is 11.8. The molecule has 1 aliphatic heterocycles. The number of ether oxygens (including phenoxy) is 1. The van der Waals surface area contributed by atoms with Crippen molar-refractivity contribution in [3.63, 3.8) is 0 Å². The molecule has 1 N–H and O–H groups in total. The molecule has 1 heterocycles. The maximum atomic E-state index is 9.64. The smallest absolute Gasteiger partial charge is 0.115 e. The van der Waals surface area contributed by atoms with Crippen molar-refractivity contribution in [1.82, 2.24) is 0 Å². The Morgan fingerprint density at radius 2 is 1.90 bits per heavy atom. The monoisotopic (exact) mass is 294 g/mol. The fourth-order valence-corrected chi connectivity index (χ4v) is 3.99. The van der Waals surface area contributed by atoms with Gasteiger partial charge >= 0.3 is 0 Å². The summed E-state index contributed by atoms with van der Waals surface area (Å²) >= 11 is 6.47. The summed E-state index contributed by atoms with van der Waals surface area (Å²) in [7, 11) is 0. The summed E-state index contributed by atoms with van der Waals surface area (Å²) in [5, 5.41) is 9.82. The van der Waals surface area contributed by atoms with E-state index in [2.05, 4.69) is 0 Å². The van der Waals surface area contributed by atoms with Crippen LogP contribution in [0.3, 0.4) is 0 Å². The van der Waals surface area contributed by atoms with Crippen LogP contribution in [-0.2, 0) is 4.74 Å². The van der Waals surface area contributed by atoms with Gasteiger partial charge in [-0.05, 0) is 49.3 Å². The molecule has 2 fully saturated rings. The van der Waals surface area contributed by atoms with E-state index >= 15 is 0 Å². The summed E-state index contributed by atoms with van der Waals surface area (Å²) in [5.41, 5.74) is 1.05. The molecule has 110 valence electrons. The summed E-state index contributed by atoms with van der Waals surface area (Å²) in [4.78, 5) is 0. The van der Waals surface area contributed by atoms with Gasteiger partial charge in [0.25, 0.3) is 0 Å². The summed E-state index contributed by atoms with van der Waals surface area (Å²) in [6, 6.07) is 7.40. The predicted octanol–water partition coefficient (Wildman–Crippen LogP) is 4.80. The molecule has 1 saturated carbocycles. The molecule has 1 aromatic carbocycles. The lowest BCUT2D eigenvalue weighted by atomic mass is 9.81. The molecule has 1 aliphatic carbocycles. The van der Waals surface area contributed by atoms with Gasteiger partial charge in [-0.2, -0.15) is 0 Å². The van der Waals surface area contributed by atoms with Gasteiger partial charge in [0.05, 0.1) is 12.2 Å². The zero-order chi connectivity index (χ0) is 13.9. The minimum atomic E-state index is 0.0327. The third kappa shape index (κ3) is 3.29. The van der Waals surface area contributed by atoms with Crippen molar-refractivity contribution >= 4 is 11.6 Å². The molecular weight excluding hydrogens is 272 g/mol. The van der Waals surface area contributed by atoms with Crippen molar-refractivity contribution in [2.45, 2.75) is 62.5 Å². The molecule has 0 unspecified atom stereocenters. The molecule has 0 bridgehead atoms. The third-order valence-electron chi connectivity index (χ3n) is 4.71. The van der Waals surface area contributed by atoms with Crippen molar-refractivity contribution < 1.29 is 9.84 Å². The molecule has 1 aromatic rings. The first-order valence-corrected chi connectivity index (χ1v) is 8.24. The number of phenolic OH excluding ortho intramolecular Hbond substituents is 1. The number of aromatic hydroxyl groups is 1. The third-order valence-corrected chi connectivity index (χ3v) is 5.07. The van der Waals surface area contributed by atoms with Gasteiger partial charge in [-0.1, -0.05) is 31.4 Å². The molecule has 2 nitrogen and oxygen atoms in total. The number of halogens is 1. The van der Waals surface area contributed by atoms with Gasteiger partial charge in [-0.15, -0.1) is 11.6 Å². The second kappa shape index (κ2) is 6.36. The maximum Gasteiger partial charge on any atom is 0.115 e. The minimum absolute atomic E-state index is 0.0327. The lowest BCUT2D eigenvalue weighted by molar-refractivity contribution is -0.0842. The Hall–Kier alpha value is -0.730. The van der Waals surface area contributed by atoms with Crippen LogP contribution in [0.2, 0.25) is 0 Å². The zero-order valence-corrected chi connectivity index (χ0v) is 12.6. The van der Waals surface area contributed by atoms with Gasteiger partial charge in [0.15, 0.2) is 0 Å². The number of rotatable bonds is 2. The normalized spacial score (nSPS) is 32.1. The highest BCUT2D eigenvalue weighted by atomic mass is 35.5. The summed E-state index contributed by atoms with van der Waals surface area (Å²) in [6.45, 7) is 0. The Morgan fingerprint density at radius 3 is 2.65 bits per heavy atom. The fourth-order valence-electron chi connectivity index (χ4n) is 3.65. The van der Waals surface area contributed by atoms with E-state index in [4.69, 9.17) is 16.3 Å². The number of hydrogen-bond acceptors (Lipinski definition) is 2. The van der Waals surface area contributed by atoms with Gasteiger partial charge in [-0.25, -0.2) is 0 Å². The van der Waals surface area contributed by atoms with Gasteiger partial charge in [0, 0.05) is 5.38 Å². The van der Waals surface area contributed by atoms with Crippen LogP contribution in [0.1, 0.15) is 56.6 Å². The van der Waals surface area contributed by atoms with Gasteiger partial charge in [-0.3, -0.25) is 0 Å². The van der Waals surface area contributed by atoms with Crippen molar-refractivity contribution in [3.05, 3.63) is 29.8 Å². The largest absolute Gasteiger partial charge is 0.508 e. The Kier molecular flexibility index (Phi) is 4.52. The van der Waals surface area contributed by atoms with Crippen LogP contribution in [0.5, 0.6) is 5.75 Å². The molecule has 20 heavy (non-hydrogen) atoms. The quantitative estimate of drug-likeness (QED) is 0.794. The Balaban J connectivity index is 1.72. The lowest BCUT2D eigenvalue weighted by Gasteiger charge is -2.39. The van der Waals surface area contributed by atoms with E-state index in [-0.39, 0.29) is 11.5 Å². The summed E-state index contributed by atoms with van der Waals surface area (Å²) in [6.07, 6.45) is 8.72. The summed E-state index contributed by atoms with van der Waals surface area (Å²) < 4.78 is 6.34. The minimum Gasteiger partial charge on any atom is -0.508 e. The van der Waals surface area contributed by atoms with E-state index in [1.165, 1.54) is 32.1 Å². The van der Waals surface area contributed by atoms with E-state index in [0.29, 0.717) is 17.8 Å². The highest BCUT2D eigenvalue weighted by Crippen LogP contribution is 2.40. The van der Waals surface area contributed by atoms with Crippen LogP contribution in [0.15, 0.2) is 24.3 Å². The first kappa shape index (κ1) is 14.2. The molecule has 3 heteroatoms. The second-order valence-corrected chi connectivity index (χ2v) is 6.84. The van der Waals surface area contributed by atoms with Crippen LogP contribution in [-0.4, -0.2) is 16.6 Å². The lowest BCUT2D eigenvalue weighted by Crippen LogP contribution is -2.35. The van der Waals surface area contributed by atoms with Crippen LogP contribution in [0.4, 0.5) is 0 Å². The van der Waals surface area contributed by atoms with E-state index in [1.54, 1.807) is 12.1 Å². The van der Waals surface area contributed by atoms with Crippen molar-refractivity contribution in [3.8, 4) is 5.75 Å². The van der Waals surface area contributed by atoms with Crippen LogP contribution in [0, 0.1) is 5.92 Å². The molecule has 0 aromatic heterocycles. The number of alkyl halides is 1. The number of phenols is 1. The maximum absolute atomic E-state index is 9.64. The molecule has 3 rings (SSSR count). The van der Waals surface area contributed by atoms with E-state index in [0.717, 1.165) is 18.4 Å². The first-order valence-electron chi connectivity index (χ1n) is 7.81. The average molecular weight is 295 g/mol.